The van der Waals surface area contributed by atoms with Gasteiger partial charge in [0.05, 0.1) is 16.1 Å². The summed E-state index contributed by atoms with van der Waals surface area (Å²) >= 11 is 3.32. The van der Waals surface area contributed by atoms with Gasteiger partial charge in [0, 0.05) is 5.56 Å². The van der Waals surface area contributed by atoms with E-state index in [1.54, 1.807) is 12.1 Å². The van der Waals surface area contributed by atoms with E-state index in [1.165, 1.54) is 6.26 Å². The summed E-state index contributed by atoms with van der Waals surface area (Å²) in [7, 11) is 0. The SMILES string of the molecule is N#Cc1ccc(-c2nocc2Br)cc1. The number of nitrogens with zero attached hydrogens (tertiary/aromatic N) is 2. The van der Waals surface area contributed by atoms with Crippen LogP contribution >= 0.6 is 15.9 Å². The third-order valence-corrected chi connectivity index (χ3v) is 2.38. The van der Waals surface area contributed by atoms with Crippen LogP contribution in [0.5, 0.6) is 0 Å². The Labute approximate surface area is 89.1 Å². The third-order valence-electron chi connectivity index (χ3n) is 1.81. The van der Waals surface area contributed by atoms with Gasteiger partial charge in [0.2, 0.25) is 0 Å². The van der Waals surface area contributed by atoms with Crippen LogP contribution in [0.1, 0.15) is 5.56 Å². The zero-order valence-electron chi connectivity index (χ0n) is 7.07. The van der Waals surface area contributed by atoms with Gasteiger partial charge in [0.25, 0.3) is 0 Å². The molecular weight excluding hydrogens is 244 g/mol. The zero-order chi connectivity index (χ0) is 9.97. The zero-order valence-corrected chi connectivity index (χ0v) is 8.65. The molecule has 68 valence electrons. The second kappa shape index (κ2) is 3.64. The Morgan fingerprint density at radius 2 is 2.00 bits per heavy atom. The molecule has 0 bridgehead atoms. The fraction of sp³-hybridized carbons (Fsp3) is 0. The van der Waals surface area contributed by atoms with Gasteiger partial charge in [-0.3, -0.25) is 0 Å². The van der Waals surface area contributed by atoms with Gasteiger partial charge in [-0.05, 0) is 28.1 Å². The molecular formula is C10H5BrN2O. The van der Waals surface area contributed by atoms with Crippen molar-refractivity contribution in [3.05, 3.63) is 40.6 Å². The molecule has 1 aromatic heterocycles. The molecule has 4 heteroatoms. The minimum Gasteiger partial charge on any atom is -0.363 e. The van der Waals surface area contributed by atoms with Crippen LogP contribution in [0.25, 0.3) is 11.3 Å². The lowest BCUT2D eigenvalue weighted by atomic mass is 10.1. The number of hydrogen-bond acceptors (Lipinski definition) is 3. The van der Waals surface area contributed by atoms with Gasteiger partial charge in [-0.25, -0.2) is 0 Å². The van der Waals surface area contributed by atoms with Crippen molar-refractivity contribution in [1.82, 2.24) is 5.16 Å². The molecule has 0 atom stereocenters. The summed E-state index contributed by atoms with van der Waals surface area (Å²) in [5.41, 5.74) is 2.30. The van der Waals surface area contributed by atoms with Crippen LogP contribution in [0.2, 0.25) is 0 Å². The van der Waals surface area contributed by atoms with Crippen molar-refractivity contribution < 1.29 is 4.52 Å². The molecule has 3 nitrogen and oxygen atoms in total. The maximum absolute atomic E-state index is 8.62. The first-order valence-electron chi connectivity index (χ1n) is 3.91. The molecule has 0 aliphatic carbocycles. The summed E-state index contributed by atoms with van der Waals surface area (Å²) < 4.78 is 5.60. The molecule has 0 radical (unpaired) electrons. The summed E-state index contributed by atoms with van der Waals surface area (Å²) in [4.78, 5) is 0. The quantitative estimate of drug-likeness (QED) is 0.780. The molecule has 0 aliphatic rings. The van der Waals surface area contributed by atoms with E-state index in [4.69, 9.17) is 9.78 Å². The molecule has 1 heterocycles. The number of aromatic nitrogens is 1. The van der Waals surface area contributed by atoms with Crippen LogP contribution in [0.3, 0.4) is 0 Å². The van der Waals surface area contributed by atoms with Crippen molar-refractivity contribution in [2.75, 3.05) is 0 Å². The number of nitriles is 1. The summed E-state index contributed by atoms with van der Waals surface area (Å²) in [6, 6.07) is 9.22. The highest BCUT2D eigenvalue weighted by Gasteiger charge is 2.06. The minimum atomic E-state index is 0.633. The lowest BCUT2D eigenvalue weighted by Gasteiger charge is -1.95. The molecule has 0 saturated carbocycles. The largest absolute Gasteiger partial charge is 0.363 e. The van der Waals surface area contributed by atoms with Crippen molar-refractivity contribution in [1.29, 1.82) is 5.26 Å². The molecule has 14 heavy (non-hydrogen) atoms. The van der Waals surface area contributed by atoms with Crippen LogP contribution in [-0.2, 0) is 0 Å². The van der Waals surface area contributed by atoms with Gasteiger partial charge in [-0.15, -0.1) is 0 Å². The number of hydrogen-bond donors (Lipinski definition) is 0. The standard InChI is InChI=1S/C10H5BrN2O/c11-9-6-14-13-10(9)8-3-1-7(5-12)2-4-8/h1-4,6H. The average molecular weight is 249 g/mol. The van der Waals surface area contributed by atoms with Crippen molar-refractivity contribution in [3.63, 3.8) is 0 Å². The fourth-order valence-electron chi connectivity index (χ4n) is 1.12. The maximum atomic E-state index is 8.62. The van der Waals surface area contributed by atoms with E-state index in [-0.39, 0.29) is 0 Å². The van der Waals surface area contributed by atoms with Crippen LogP contribution in [0.15, 0.2) is 39.5 Å². The molecule has 0 unspecified atom stereocenters. The normalized spacial score (nSPS) is 9.71. The molecule has 2 aromatic rings. The predicted molar refractivity (Wildman–Crippen MR) is 54.4 cm³/mol. The van der Waals surface area contributed by atoms with Gasteiger partial charge in [0.1, 0.15) is 12.0 Å². The van der Waals surface area contributed by atoms with E-state index >= 15 is 0 Å². The Kier molecular flexibility index (Phi) is 2.33. The lowest BCUT2D eigenvalue weighted by Crippen LogP contribution is -1.79. The van der Waals surface area contributed by atoms with Gasteiger partial charge in [0.15, 0.2) is 0 Å². The van der Waals surface area contributed by atoms with Crippen molar-refractivity contribution in [2.45, 2.75) is 0 Å². The first kappa shape index (κ1) is 8.97. The topological polar surface area (TPSA) is 49.8 Å². The van der Waals surface area contributed by atoms with Gasteiger partial charge in [-0.1, -0.05) is 17.3 Å². The van der Waals surface area contributed by atoms with E-state index < -0.39 is 0 Å². The molecule has 2 rings (SSSR count). The van der Waals surface area contributed by atoms with E-state index in [0.29, 0.717) is 5.56 Å². The van der Waals surface area contributed by atoms with Crippen LogP contribution < -0.4 is 0 Å². The first-order chi connectivity index (χ1) is 6.81. The van der Waals surface area contributed by atoms with Crippen LogP contribution in [0, 0.1) is 11.3 Å². The first-order valence-corrected chi connectivity index (χ1v) is 4.71. The summed E-state index contributed by atoms with van der Waals surface area (Å²) in [6.07, 6.45) is 1.52. The number of rotatable bonds is 1. The minimum absolute atomic E-state index is 0.633. The van der Waals surface area contributed by atoms with Gasteiger partial charge in [-0.2, -0.15) is 5.26 Å². The Hall–Kier alpha value is -1.60. The monoisotopic (exact) mass is 248 g/mol. The molecule has 0 amide bonds. The van der Waals surface area contributed by atoms with E-state index in [9.17, 15) is 0 Å². The average Bonchev–Trinajstić information content (AvgIpc) is 2.65. The number of halogens is 1. The summed E-state index contributed by atoms with van der Waals surface area (Å²) in [5.74, 6) is 0. The molecule has 0 spiro atoms. The van der Waals surface area contributed by atoms with Crippen molar-refractivity contribution in [3.8, 4) is 17.3 Å². The molecule has 0 aliphatic heterocycles. The van der Waals surface area contributed by atoms with E-state index in [1.807, 2.05) is 12.1 Å². The lowest BCUT2D eigenvalue weighted by molar-refractivity contribution is 0.422. The Balaban J connectivity index is 2.45. The van der Waals surface area contributed by atoms with Crippen molar-refractivity contribution >= 4 is 15.9 Å². The summed E-state index contributed by atoms with van der Waals surface area (Å²) in [5, 5.41) is 12.5. The Morgan fingerprint density at radius 3 is 2.50 bits per heavy atom. The van der Waals surface area contributed by atoms with Crippen molar-refractivity contribution in [2.24, 2.45) is 0 Å². The second-order valence-electron chi connectivity index (χ2n) is 2.70. The highest BCUT2D eigenvalue weighted by atomic mass is 79.9. The Bertz CT molecular complexity index is 482. The van der Waals surface area contributed by atoms with E-state index in [0.717, 1.165) is 15.7 Å². The maximum Gasteiger partial charge on any atom is 0.138 e. The van der Waals surface area contributed by atoms with Gasteiger partial charge < -0.3 is 4.52 Å². The highest BCUT2D eigenvalue weighted by Crippen LogP contribution is 2.26. The predicted octanol–water partition coefficient (Wildman–Crippen LogP) is 2.98. The van der Waals surface area contributed by atoms with E-state index in [2.05, 4.69) is 27.2 Å². The molecule has 0 N–H and O–H groups in total. The third kappa shape index (κ3) is 1.54. The fourth-order valence-corrected chi connectivity index (χ4v) is 1.50. The molecule has 0 saturated heterocycles. The smallest absolute Gasteiger partial charge is 0.138 e. The summed E-state index contributed by atoms with van der Waals surface area (Å²) in [6.45, 7) is 0. The Morgan fingerprint density at radius 1 is 1.29 bits per heavy atom. The molecule has 0 fully saturated rings. The van der Waals surface area contributed by atoms with Gasteiger partial charge >= 0.3 is 0 Å². The van der Waals surface area contributed by atoms with Crippen LogP contribution in [-0.4, -0.2) is 5.16 Å². The van der Waals surface area contributed by atoms with Crippen LogP contribution in [0.4, 0.5) is 0 Å². The second-order valence-corrected chi connectivity index (χ2v) is 3.55. The molecule has 1 aromatic carbocycles. The number of benzene rings is 1. The highest BCUT2D eigenvalue weighted by molar-refractivity contribution is 9.10.